The highest BCUT2D eigenvalue weighted by Gasteiger charge is 2.31. The predicted molar refractivity (Wildman–Crippen MR) is 112 cm³/mol. The van der Waals surface area contributed by atoms with Crippen molar-refractivity contribution < 1.29 is 19.4 Å². The minimum absolute atomic E-state index is 0.482. The van der Waals surface area contributed by atoms with Crippen LogP contribution in [0.4, 0.5) is 10.5 Å². The number of anilines is 1. The van der Waals surface area contributed by atoms with Crippen LogP contribution in [0, 0.1) is 5.92 Å². The predicted octanol–water partition coefficient (Wildman–Crippen LogP) is 5.72. The molecule has 2 N–H and O–H groups in total. The molecule has 1 aromatic carbocycles. The van der Waals surface area contributed by atoms with Crippen molar-refractivity contribution in [2.45, 2.75) is 51.6 Å². The number of aliphatic carboxylic acids is 1. The van der Waals surface area contributed by atoms with Gasteiger partial charge in [-0.05, 0) is 57.4 Å². The quantitative estimate of drug-likeness (QED) is 0.628. The lowest BCUT2D eigenvalue weighted by atomic mass is 9.96. The van der Waals surface area contributed by atoms with Crippen LogP contribution in [0.2, 0.25) is 5.02 Å². The lowest BCUT2D eigenvalue weighted by Gasteiger charge is -2.20. The fraction of sp³-hybridized carbons (Fsp3) is 0.409. The van der Waals surface area contributed by atoms with Crippen molar-refractivity contribution in [3.8, 4) is 11.1 Å². The maximum atomic E-state index is 12.2. The molecule has 3 rings (SSSR count). The van der Waals surface area contributed by atoms with Crippen molar-refractivity contribution >= 4 is 29.4 Å². The molecule has 1 aromatic heterocycles. The van der Waals surface area contributed by atoms with E-state index < -0.39 is 23.6 Å². The fourth-order valence-corrected chi connectivity index (χ4v) is 3.26. The molecule has 6 nitrogen and oxygen atoms in total. The summed E-state index contributed by atoms with van der Waals surface area (Å²) in [5.74, 6) is -0.974. The molecule has 1 aliphatic carbocycles. The number of carbonyl (C=O) groups is 2. The van der Waals surface area contributed by atoms with Gasteiger partial charge in [0, 0.05) is 22.3 Å². The number of carboxylic acids is 1. The summed E-state index contributed by atoms with van der Waals surface area (Å²) in [6.45, 7) is 5.37. The number of benzene rings is 1. The van der Waals surface area contributed by atoms with Crippen LogP contribution in [0.25, 0.3) is 11.1 Å². The summed E-state index contributed by atoms with van der Waals surface area (Å²) >= 11 is 6.16. The molecule has 0 saturated heterocycles. The summed E-state index contributed by atoms with van der Waals surface area (Å²) in [7, 11) is 0. The summed E-state index contributed by atoms with van der Waals surface area (Å²) in [4.78, 5) is 28.2. The molecule has 1 fully saturated rings. The van der Waals surface area contributed by atoms with Gasteiger partial charge in [0.05, 0.1) is 17.3 Å². The Kier molecular flexibility index (Phi) is 6.13. The van der Waals surface area contributed by atoms with Gasteiger partial charge in [0.2, 0.25) is 0 Å². The largest absolute Gasteiger partial charge is 0.481 e. The highest BCUT2D eigenvalue weighted by Crippen LogP contribution is 2.39. The standard InChI is InChI=1S/C22H25ClN2O4/c1-22(2,3)29-21(28)25-19-9-7-15(23)11-16(19)14-6-8-18(24-12-14)17(20(26)27)10-13-4-5-13/h6-9,11-13,17H,4-5,10H2,1-3H3,(H,25,28)(H,26,27). The fourth-order valence-electron chi connectivity index (χ4n) is 3.08. The Morgan fingerprint density at radius 3 is 2.55 bits per heavy atom. The average molecular weight is 417 g/mol. The number of amides is 1. The topological polar surface area (TPSA) is 88.5 Å². The number of pyridine rings is 1. The minimum atomic E-state index is -0.854. The Bertz CT molecular complexity index is 902. The van der Waals surface area contributed by atoms with Gasteiger partial charge in [-0.1, -0.05) is 30.5 Å². The van der Waals surface area contributed by atoms with E-state index >= 15 is 0 Å². The number of ether oxygens (including phenoxy) is 1. The third kappa shape index (κ3) is 5.94. The Morgan fingerprint density at radius 1 is 1.28 bits per heavy atom. The van der Waals surface area contributed by atoms with Crippen LogP contribution in [-0.4, -0.2) is 27.8 Å². The van der Waals surface area contributed by atoms with Gasteiger partial charge in [0.1, 0.15) is 5.60 Å². The number of rotatable bonds is 6. The van der Waals surface area contributed by atoms with Gasteiger partial charge in [-0.2, -0.15) is 0 Å². The number of hydrogen-bond donors (Lipinski definition) is 2. The van der Waals surface area contributed by atoms with Crippen LogP contribution < -0.4 is 5.32 Å². The Labute approximate surface area is 175 Å². The molecule has 1 unspecified atom stereocenters. The molecule has 29 heavy (non-hydrogen) atoms. The molecular formula is C22H25ClN2O4. The molecule has 0 radical (unpaired) electrons. The van der Waals surface area contributed by atoms with Crippen molar-refractivity contribution in [3.05, 3.63) is 47.2 Å². The van der Waals surface area contributed by atoms with E-state index in [-0.39, 0.29) is 0 Å². The first-order valence-electron chi connectivity index (χ1n) is 9.61. The summed E-state index contributed by atoms with van der Waals surface area (Å²) in [5, 5.41) is 12.8. The van der Waals surface area contributed by atoms with Crippen LogP contribution >= 0.6 is 11.6 Å². The second kappa shape index (κ2) is 8.41. The molecule has 154 valence electrons. The number of aromatic nitrogens is 1. The Balaban J connectivity index is 1.85. The van der Waals surface area contributed by atoms with Crippen LogP contribution in [0.1, 0.15) is 51.6 Å². The number of carbonyl (C=O) groups excluding carboxylic acids is 1. The first-order chi connectivity index (χ1) is 13.6. The van der Waals surface area contributed by atoms with E-state index in [9.17, 15) is 14.7 Å². The summed E-state index contributed by atoms with van der Waals surface area (Å²) in [5.41, 5.74) is 1.85. The summed E-state index contributed by atoms with van der Waals surface area (Å²) in [6.07, 6.45) is 3.84. The van der Waals surface area contributed by atoms with Crippen LogP contribution in [-0.2, 0) is 9.53 Å². The SMILES string of the molecule is CC(C)(C)OC(=O)Nc1ccc(Cl)cc1-c1ccc(C(CC2CC2)C(=O)O)nc1. The lowest BCUT2D eigenvalue weighted by Crippen LogP contribution is -2.27. The van der Waals surface area contributed by atoms with Gasteiger partial charge in [-0.25, -0.2) is 4.79 Å². The van der Waals surface area contributed by atoms with Gasteiger partial charge in [0.25, 0.3) is 0 Å². The molecule has 1 amide bonds. The van der Waals surface area contributed by atoms with Crippen LogP contribution in [0.15, 0.2) is 36.5 Å². The minimum Gasteiger partial charge on any atom is -0.481 e. The van der Waals surface area contributed by atoms with Crippen molar-refractivity contribution in [1.82, 2.24) is 4.98 Å². The maximum Gasteiger partial charge on any atom is 0.412 e. The zero-order chi connectivity index (χ0) is 21.2. The van der Waals surface area contributed by atoms with Crippen LogP contribution in [0.3, 0.4) is 0 Å². The third-order valence-corrected chi connectivity index (χ3v) is 4.87. The average Bonchev–Trinajstić information content (AvgIpc) is 3.44. The normalized spacial score (nSPS) is 14.9. The number of nitrogens with one attached hydrogen (secondary N) is 1. The van der Waals surface area contributed by atoms with Crippen LogP contribution in [0.5, 0.6) is 0 Å². The van der Waals surface area contributed by atoms with E-state index in [0.717, 1.165) is 18.4 Å². The van der Waals surface area contributed by atoms with Crippen molar-refractivity contribution in [1.29, 1.82) is 0 Å². The summed E-state index contributed by atoms with van der Waals surface area (Å²) < 4.78 is 5.32. The van der Waals surface area contributed by atoms with Crippen molar-refractivity contribution in [2.24, 2.45) is 5.92 Å². The molecule has 0 aliphatic heterocycles. The van der Waals surface area contributed by atoms with E-state index in [1.54, 1.807) is 57.3 Å². The molecule has 1 heterocycles. The first kappa shape index (κ1) is 21.1. The third-order valence-electron chi connectivity index (χ3n) is 4.64. The molecule has 1 saturated carbocycles. The molecule has 2 aromatic rings. The monoisotopic (exact) mass is 416 g/mol. The molecule has 0 spiro atoms. The highest BCUT2D eigenvalue weighted by molar-refractivity contribution is 6.31. The lowest BCUT2D eigenvalue weighted by molar-refractivity contribution is -0.139. The molecule has 1 atom stereocenters. The molecule has 7 heteroatoms. The second-order valence-corrected chi connectivity index (χ2v) is 8.79. The van der Waals surface area contributed by atoms with E-state index in [0.29, 0.717) is 34.3 Å². The van der Waals surface area contributed by atoms with Gasteiger partial charge >= 0.3 is 12.1 Å². The maximum absolute atomic E-state index is 12.2. The second-order valence-electron chi connectivity index (χ2n) is 8.36. The zero-order valence-corrected chi connectivity index (χ0v) is 17.5. The Hall–Kier alpha value is -2.60. The van der Waals surface area contributed by atoms with Gasteiger partial charge in [-0.15, -0.1) is 0 Å². The molecule has 0 bridgehead atoms. The number of carboxylic acid groups (broad SMARTS) is 1. The zero-order valence-electron chi connectivity index (χ0n) is 16.7. The summed E-state index contributed by atoms with van der Waals surface area (Å²) in [6, 6.07) is 8.63. The van der Waals surface area contributed by atoms with E-state index in [1.165, 1.54) is 0 Å². The van der Waals surface area contributed by atoms with Gasteiger partial charge < -0.3 is 9.84 Å². The number of nitrogens with zero attached hydrogens (tertiary/aromatic N) is 1. The van der Waals surface area contributed by atoms with E-state index in [4.69, 9.17) is 16.3 Å². The van der Waals surface area contributed by atoms with E-state index in [2.05, 4.69) is 10.3 Å². The highest BCUT2D eigenvalue weighted by atomic mass is 35.5. The number of hydrogen-bond acceptors (Lipinski definition) is 4. The molecular weight excluding hydrogens is 392 g/mol. The first-order valence-corrected chi connectivity index (χ1v) is 9.99. The van der Waals surface area contributed by atoms with Gasteiger partial charge in [0.15, 0.2) is 0 Å². The smallest absolute Gasteiger partial charge is 0.412 e. The van der Waals surface area contributed by atoms with E-state index in [1.807, 2.05) is 0 Å². The van der Waals surface area contributed by atoms with Crippen molar-refractivity contribution in [3.63, 3.8) is 0 Å². The molecule has 1 aliphatic rings. The Morgan fingerprint density at radius 2 is 2.00 bits per heavy atom. The van der Waals surface area contributed by atoms with Gasteiger partial charge in [-0.3, -0.25) is 15.1 Å². The number of halogens is 1. The van der Waals surface area contributed by atoms with Crippen molar-refractivity contribution in [2.75, 3.05) is 5.32 Å².